The molecule has 1 aromatic carbocycles. The van der Waals surface area contributed by atoms with E-state index in [1.807, 2.05) is 12.1 Å². The molecule has 4 heteroatoms. The molecule has 0 aliphatic rings. The molecule has 0 saturated heterocycles. The van der Waals surface area contributed by atoms with Gasteiger partial charge in [-0.2, -0.15) is 0 Å². The van der Waals surface area contributed by atoms with E-state index in [9.17, 15) is 4.79 Å². The highest BCUT2D eigenvalue weighted by Gasteiger charge is 2.10. The van der Waals surface area contributed by atoms with Crippen LogP contribution in [0.1, 0.15) is 11.3 Å². The number of hydrogen-bond donors (Lipinski definition) is 2. The Bertz CT molecular complexity index is 559. The molecule has 2 aromatic rings. The van der Waals surface area contributed by atoms with Gasteiger partial charge in [0.1, 0.15) is 0 Å². The summed E-state index contributed by atoms with van der Waals surface area (Å²) in [6.45, 7) is 2.84. The zero-order chi connectivity index (χ0) is 13.1. The number of carbonyl (C=O) groups is 1. The molecule has 3 N–H and O–H groups in total. The molecule has 18 heavy (non-hydrogen) atoms. The Labute approximate surface area is 107 Å². The number of aryl methyl sites for hydroxylation is 1. The number of benzene rings is 1. The number of carbonyl (C=O) groups excluding carboxylic acids is 1. The maximum atomic E-state index is 11.4. The molecule has 0 saturated carbocycles. The fourth-order valence-corrected chi connectivity index (χ4v) is 2.22. The van der Waals surface area contributed by atoms with Crippen LogP contribution in [0, 0.1) is 6.92 Å². The van der Waals surface area contributed by atoms with Gasteiger partial charge < -0.3 is 15.6 Å². The number of hydrogen-bond acceptors (Lipinski definition) is 2. The predicted octanol–water partition coefficient (Wildman–Crippen LogP) is 1.44. The summed E-state index contributed by atoms with van der Waals surface area (Å²) < 4.78 is 0. The summed E-state index contributed by atoms with van der Waals surface area (Å²) in [7, 11) is 1.79. The third-order valence-electron chi connectivity index (χ3n) is 3.32. The van der Waals surface area contributed by atoms with Gasteiger partial charge in [0, 0.05) is 30.2 Å². The van der Waals surface area contributed by atoms with Crippen LogP contribution in [0.25, 0.3) is 10.9 Å². The Balaban J connectivity index is 2.17. The van der Waals surface area contributed by atoms with Crippen molar-refractivity contribution >= 4 is 16.8 Å². The highest BCUT2D eigenvalue weighted by atomic mass is 16.2. The Morgan fingerprint density at radius 3 is 2.83 bits per heavy atom. The van der Waals surface area contributed by atoms with E-state index >= 15 is 0 Å². The van der Waals surface area contributed by atoms with E-state index in [2.05, 4.69) is 24.0 Å². The molecule has 0 bridgehead atoms. The molecule has 0 aliphatic heterocycles. The maximum Gasteiger partial charge on any atom is 0.236 e. The maximum absolute atomic E-state index is 11.4. The SMILES string of the molecule is Cc1[nH]c2ccccc2c1CCN(C)C(=O)CN. The van der Waals surface area contributed by atoms with Crippen LogP contribution in [0.3, 0.4) is 0 Å². The van der Waals surface area contributed by atoms with Crippen molar-refractivity contribution in [2.45, 2.75) is 13.3 Å². The minimum absolute atomic E-state index is 0.0208. The van der Waals surface area contributed by atoms with Crippen LogP contribution in [0.5, 0.6) is 0 Å². The first-order valence-electron chi connectivity index (χ1n) is 6.13. The summed E-state index contributed by atoms with van der Waals surface area (Å²) >= 11 is 0. The quantitative estimate of drug-likeness (QED) is 0.856. The molecule has 0 spiro atoms. The number of para-hydroxylation sites is 1. The molecule has 0 aliphatic carbocycles. The lowest BCUT2D eigenvalue weighted by atomic mass is 10.1. The minimum Gasteiger partial charge on any atom is -0.358 e. The average molecular weight is 245 g/mol. The number of fused-ring (bicyclic) bond motifs is 1. The van der Waals surface area contributed by atoms with E-state index in [-0.39, 0.29) is 12.5 Å². The van der Waals surface area contributed by atoms with Gasteiger partial charge in [-0.25, -0.2) is 0 Å². The van der Waals surface area contributed by atoms with Gasteiger partial charge in [0.25, 0.3) is 0 Å². The normalized spacial score (nSPS) is 10.8. The summed E-state index contributed by atoms with van der Waals surface area (Å²) in [5.41, 5.74) is 8.95. The van der Waals surface area contributed by atoms with Gasteiger partial charge in [0.15, 0.2) is 0 Å². The van der Waals surface area contributed by atoms with Crippen LogP contribution in [0.2, 0.25) is 0 Å². The van der Waals surface area contributed by atoms with Crippen LogP contribution in [0.15, 0.2) is 24.3 Å². The first-order chi connectivity index (χ1) is 8.63. The molecule has 1 amide bonds. The number of amides is 1. The number of likely N-dealkylation sites (N-methyl/N-ethyl adjacent to an activating group) is 1. The molecule has 4 nitrogen and oxygen atoms in total. The Morgan fingerprint density at radius 1 is 1.39 bits per heavy atom. The van der Waals surface area contributed by atoms with Gasteiger partial charge in [-0.1, -0.05) is 18.2 Å². The van der Waals surface area contributed by atoms with E-state index in [0.717, 1.165) is 11.9 Å². The van der Waals surface area contributed by atoms with Gasteiger partial charge >= 0.3 is 0 Å². The van der Waals surface area contributed by atoms with E-state index in [1.165, 1.54) is 16.6 Å². The van der Waals surface area contributed by atoms with Gasteiger partial charge in [0.2, 0.25) is 5.91 Å². The van der Waals surface area contributed by atoms with E-state index < -0.39 is 0 Å². The third kappa shape index (κ3) is 2.38. The highest BCUT2D eigenvalue weighted by molar-refractivity contribution is 5.84. The zero-order valence-electron chi connectivity index (χ0n) is 10.9. The summed E-state index contributed by atoms with van der Waals surface area (Å²) in [5, 5.41) is 1.24. The fourth-order valence-electron chi connectivity index (χ4n) is 2.22. The highest BCUT2D eigenvalue weighted by Crippen LogP contribution is 2.22. The topological polar surface area (TPSA) is 62.1 Å². The van der Waals surface area contributed by atoms with Crippen molar-refractivity contribution in [2.24, 2.45) is 5.73 Å². The first kappa shape index (κ1) is 12.6. The lowest BCUT2D eigenvalue weighted by Gasteiger charge is -2.16. The second kappa shape index (κ2) is 5.23. The molecular weight excluding hydrogens is 226 g/mol. The minimum atomic E-state index is -0.0208. The number of aromatic nitrogens is 1. The second-order valence-corrected chi connectivity index (χ2v) is 4.54. The van der Waals surface area contributed by atoms with Gasteiger partial charge in [-0.15, -0.1) is 0 Å². The third-order valence-corrected chi connectivity index (χ3v) is 3.32. The van der Waals surface area contributed by atoms with Crippen molar-refractivity contribution in [3.63, 3.8) is 0 Å². The van der Waals surface area contributed by atoms with Crippen molar-refractivity contribution in [3.8, 4) is 0 Å². The Morgan fingerprint density at radius 2 is 2.11 bits per heavy atom. The smallest absolute Gasteiger partial charge is 0.236 e. The van der Waals surface area contributed by atoms with Crippen molar-refractivity contribution in [1.29, 1.82) is 0 Å². The number of H-pyrrole nitrogens is 1. The van der Waals surface area contributed by atoms with E-state index in [1.54, 1.807) is 11.9 Å². The van der Waals surface area contributed by atoms with E-state index in [0.29, 0.717) is 6.54 Å². The van der Waals surface area contributed by atoms with Crippen molar-refractivity contribution in [2.75, 3.05) is 20.1 Å². The average Bonchev–Trinajstić information content (AvgIpc) is 2.70. The summed E-state index contributed by atoms with van der Waals surface area (Å²) in [4.78, 5) is 16.5. The van der Waals surface area contributed by atoms with Crippen LogP contribution in [-0.4, -0.2) is 35.9 Å². The Kier molecular flexibility index (Phi) is 3.67. The van der Waals surface area contributed by atoms with Crippen molar-refractivity contribution in [3.05, 3.63) is 35.5 Å². The molecule has 0 unspecified atom stereocenters. The molecule has 96 valence electrons. The number of nitrogens with zero attached hydrogens (tertiary/aromatic N) is 1. The number of nitrogens with two attached hydrogens (primary N) is 1. The number of nitrogens with one attached hydrogen (secondary N) is 1. The van der Waals surface area contributed by atoms with Gasteiger partial charge in [-0.05, 0) is 25.0 Å². The van der Waals surface area contributed by atoms with Gasteiger partial charge in [0.05, 0.1) is 6.54 Å². The lowest BCUT2D eigenvalue weighted by molar-refractivity contribution is -0.128. The van der Waals surface area contributed by atoms with Crippen LogP contribution < -0.4 is 5.73 Å². The van der Waals surface area contributed by atoms with Crippen molar-refractivity contribution < 1.29 is 4.79 Å². The lowest BCUT2D eigenvalue weighted by Crippen LogP contribution is -2.34. The van der Waals surface area contributed by atoms with Crippen molar-refractivity contribution in [1.82, 2.24) is 9.88 Å². The van der Waals surface area contributed by atoms with Gasteiger partial charge in [-0.3, -0.25) is 4.79 Å². The molecule has 2 rings (SSSR count). The summed E-state index contributed by atoms with van der Waals surface area (Å²) in [5.74, 6) is -0.0208. The molecule has 1 heterocycles. The molecule has 0 radical (unpaired) electrons. The monoisotopic (exact) mass is 245 g/mol. The van der Waals surface area contributed by atoms with Crippen LogP contribution in [-0.2, 0) is 11.2 Å². The molecule has 0 fully saturated rings. The Hall–Kier alpha value is -1.81. The first-order valence-corrected chi connectivity index (χ1v) is 6.13. The van der Waals surface area contributed by atoms with Crippen LogP contribution >= 0.6 is 0 Å². The van der Waals surface area contributed by atoms with Crippen LogP contribution in [0.4, 0.5) is 0 Å². The molecular formula is C14H19N3O. The molecule has 1 aromatic heterocycles. The standard InChI is InChI=1S/C14H19N3O/c1-10-11(7-8-17(2)14(18)9-15)12-5-3-4-6-13(12)16-10/h3-6,16H,7-9,15H2,1-2H3. The summed E-state index contributed by atoms with van der Waals surface area (Å²) in [6.07, 6.45) is 0.845. The fraction of sp³-hybridized carbons (Fsp3) is 0.357. The second-order valence-electron chi connectivity index (χ2n) is 4.54. The summed E-state index contributed by atoms with van der Waals surface area (Å²) in [6, 6.07) is 8.24. The number of aromatic amines is 1. The zero-order valence-corrected chi connectivity index (χ0v) is 10.9. The number of rotatable bonds is 4. The molecule has 0 atom stereocenters. The van der Waals surface area contributed by atoms with E-state index in [4.69, 9.17) is 5.73 Å². The predicted molar refractivity (Wildman–Crippen MR) is 73.4 cm³/mol. The largest absolute Gasteiger partial charge is 0.358 e.